The predicted octanol–water partition coefficient (Wildman–Crippen LogP) is 1.72. The number of carbonyl (C=O) groups is 1. The SMILES string of the molecule is CCCCOC(C)C(=O)Nc1cnccc1CO. The van der Waals surface area contributed by atoms with Crippen LogP contribution in [0.15, 0.2) is 18.5 Å². The third-order valence-corrected chi connectivity index (χ3v) is 2.57. The van der Waals surface area contributed by atoms with Crippen LogP contribution >= 0.6 is 0 Å². The number of aromatic nitrogens is 1. The zero-order chi connectivity index (χ0) is 13.4. The van der Waals surface area contributed by atoms with Crippen LogP contribution in [0.5, 0.6) is 0 Å². The van der Waals surface area contributed by atoms with Crippen molar-refractivity contribution in [2.24, 2.45) is 0 Å². The Hall–Kier alpha value is -1.46. The van der Waals surface area contributed by atoms with E-state index >= 15 is 0 Å². The molecule has 0 aliphatic heterocycles. The Bertz CT molecular complexity index is 382. The number of aliphatic hydroxyl groups excluding tert-OH is 1. The number of pyridine rings is 1. The topological polar surface area (TPSA) is 71.5 Å². The molecule has 5 nitrogen and oxygen atoms in total. The summed E-state index contributed by atoms with van der Waals surface area (Å²) in [6.07, 6.45) is 4.55. The number of unbranched alkanes of at least 4 members (excludes halogenated alkanes) is 1. The zero-order valence-corrected chi connectivity index (χ0v) is 10.8. The minimum absolute atomic E-state index is 0.136. The third kappa shape index (κ3) is 4.43. The van der Waals surface area contributed by atoms with E-state index in [2.05, 4.69) is 17.2 Å². The first-order valence-electron chi connectivity index (χ1n) is 6.15. The van der Waals surface area contributed by atoms with Crippen LogP contribution in [0, 0.1) is 0 Å². The van der Waals surface area contributed by atoms with Gasteiger partial charge in [0.25, 0.3) is 5.91 Å². The van der Waals surface area contributed by atoms with Gasteiger partial charge in [0.05, 0.1) is 18.5 Å². The number of nitrogens with zero attached hydrogens (tertiary/aromatic N) is 1. The van der Waals surface area contributed by atoms with Crippen molar-refractivity contribution in [3.63, 3.8) is 0 Å². The van der Waals surface area contributed by atoms with Gasteiger partial charge in [-0.1, -0.05) is 13.3 Å². The summed E-state index contributed by atoms with van der Waals surface area (Å²) >= 11 is 0. The largest absolute Gasteiger partial charge is 0.392 e. The van der Waals surface area contributed by atoms with Gasteiger partial charge in [-0.25, -0.2) is 0 Å². The molecule has 5 heteroatoms. The molecule has 18 heavy (non-hydrogen) atoms. The first kappa shape index (κ1) is 14.6. The summed E-state index contributed by atoms with van der Waals surface area (Å²) in [5, 5.41) is 11.8. The molecule has 1 rings (SSSR count). The average Bonchev–Trinajstić information content (AvgIpc) is 2.39. The van der Waals surface area contributed by atoms with Crippen LogP contribution in [0.25, 0.3) is 0 Å². The Balaban J connectivity index is 2.53. The normalized spacial score (nSPS) is 12.2. The number of carbonyl (C=O) groups excluding carboxylic acids is 1. The highest BCUT2D eigenvalue weighted by molar-refractivity contribution is 5.94. The van der Waals surface area contributed by atoms with Crippen LogP contribution in [-0.4, -0.2) is 28.7 Å². The van der Waals surface area contributed by atoms with Gasteiger partial charge < -0.3 is 15.2 Å². The monoisotopic (exact) mass is 252 g/mol. The predicted molar refractivity (Wildman–Crippen MR) is 69.1 cm³/mol. The minimum Gasteiger partial charge on any atom is -0.392 e. The van der Waals surface area contributed by atoms with E-state index in [0.29, 0.717) is 17.9 Å². The Morgan fingerprint density at radius 1 is 1.61 bits per heavy atom. The molecule has 100 valence electrons. The molecule has 1 heterocycles. The standard InChI is InChI=1S/C13H20N2O3/c1-3-4-7-18-10(2)13(17)15-12-8-14-6-5-11(12)9-16/h5-6,8,10,16H,3-4,7,9H2,1-2H3,(H,15,17). The lowest BCUT2D eigenvalue weighted by Crippen LogP contribution is -2.28. The van der Waals surface area contributed by atoms with Crippen LogP contribution in [-0.2, 0) is 16.1 Å². The van der Waals surface area contributed by atoms with E-state index in [1.54, 1.807) is 19.2 Å². The molecular formula is C13H20N2O3. The second-order valence-electron chi connectivity index (χ2n) is 4.05. The lowest BCUT2D eigenvalue weighted by molar-refractivity contribution is -0.126. The van der Waals surface area contributed by atoms with E-state index in [0.717, 1.165) is 12.8 Å². The average molecular weight is 252 g/mol. The summed E-state index contributed by atoms with van der Waals surface area (Å²) in [5.74, 6) is -0.228. The lowest BCUT2D eigenvalue weighted by atomic mass is 10.2. The molecule has 1 aromatic heterocycles. The summed E-state index contributed by atoms with van der Waals surface area (Å²) < 4.78 is 5.39. The summed E-state index contributed by atoms with van der Waals surface area (Å²) in [6, 6.07) is 1.66. The first-order chi connectivity index (χ1) is 8.69. The first-order valence-corrected chi connectivity index (χ1v) is 6.15. The maximum atomic E-state index is 11.8. The molecule has 1 atom stereocenters. The van der Waals surface area contributed by atoms with Crippen molar-refractivity contribution < 1.29 is 14.6 Å². The van der Waals surface area contributed by atoms with Crippen LogP contribution < -0.4 is 5.32 Å². The van der Waals surface area contributed by atoms with Crippen molar-refractivity contribution >= 4 is 11.6 Å². The fourth-order valence-corrected chi connectivity index (χ4v) is 1.39. The van der Waals surface area contributed by atoms with Crippen molar-refractivity contribution in [3.8, 4) is 0 Å². The van der Waals surface area contributed by atoms with Crippen LogP contribution in [0.3, 0.4) is 0 Å². The van der Waals surface area contributed by atoms with Crippen molar-refractivity contribution in [1.82, 2.24) is 4.98 Å². The molecule has 2 N–H and O–H groups in total. The molecule has 0 aliphatic carbocycles. The Labute approximate surface area is 107 Å². The molecule has 0 fully saturated rings. The van der Waals surface area contributed by atoms with Gasteiger partial charge in [-0.15, -0.1) is 0 Å². The molecule has 0 bridgehead atoms. The Morgan fingerprint density at radius 3 is 3.06 bits per heavy atom. The number of aliphatic hydroxyl groups is 1. The molecule has 0 aliphatic rings. The summed E-state index contributed by atoms with van der Waals surface area (Å²) in [4.78, 5) is 15.7. The van der Waals surface area contributed by atoms with Gasteiger partial charge in [-0.2, -0.15) is 0 Å². The second-order valence-corrected chi connectivity index (χ2v) is 4.05. The molecule has 0 aromatic carbocycles. The molecule has 1 unspecified atom stereocenters. The van der Waals surface area contributed by atoms with Crippen LogP contribution in [0.2, 0.25) is 0 Å². The molecule has 1 aromatic rings. The van der Waals surface area contributed by atoms with Gasteiger partial charge in [0.2, 0.25) is 0 Å². The van der Waals surface area contributed by atoms with Gasteiger partial charge in [0, 0.05) is 18.4 Å². The highest BCUT2D eigenvalue weighted by Gasteiger charge is 2.14. The Kier molecular flexibility index (Phi) is 6.32. The van der Waals surface area contributed by atoms with Crippen molar-refractivity contribution in [3.05, 3.63) is 24.0 Å². The fourth-order valence-electron chi connectivity index (χ4n) is 1.39. The van der Waals surface area contributed by atoms with E-state index in [-0.39, 0.29) is 12.5 Å². The number of ether oxygens (including phenoxy) is 1. The fraction of sp³-hybridized carbons (Fsp3) is 0.538. The number of hydrogen-bond acceptors (Lipinski definition) is 4. The van der Waals surface area contributed by atoms with Crippen LogP contribution in [0.1, 0.15) is 32.3 Å². The lowest BCUT2D eigenvalue weighted by Gasteiger charge is -2.14. The molecule has 0 saturated heterocycles. The van der Waals surface area contributed by atoms with Gasteiger partial charge in [-0.05, 0) is 19.4 Å². The molecule has 1 amide bonds. The van der Waals surface area contributed by atoms with Gasteiger partial charge in [-0.3, -0.25) is 9.78 Å². The molecular weight excluding hydrogens is 232 g/mol. The van der Waals surface area contributed by atoms with Crippen LogP contribution in [0.4, 0.5) is 5.69 Å². The second kappa shape index (κ2) is 7.79. The smallest absolute Gasteiger partial charge is 0.253 e. The van der Waals surface area contributed by atoms with Gasteiger partial charge in [0.1, 0.15) is 6.10 Å². The highest BCUT2D eigenvalue weighted by atomic mass is 16.5. The van der Waals surface area contributed by atoms with Gasteiger partial charge >= 0.3 is 0 Å². The quantitative estimate of drug-likeness (QED) is 0.725. The molecule has 0 spiro atoms. The number of rotatable bonds is 7. The zero-order valence-electron chi connectivity index (χ0n) is 10.8. The maximum absolute atomic E-state index is 11.8. The van der Waals surface area contributed by atoms with E-state index < -0.39 is 6.10 Å². The van der Waals surface area contributed by atoms with E-state index in [9.17, 15) is 4.79 Å². The number of anilines is 1. The minimum atomic E-state index is -0.511. The highest BCUT2D eigenvalue weighted by Crippen LogP contribution is 2.13. The van der Waals surface area contributed by atoms with E-state index in [1.165, 1.54) is 6.20 Å². The van der Waals surface area contributed by atoms with E-state index in [4.69, 9.17) is 9.84 Å². The maximum Gasteiger partial charge on any atom is 0.253 e. The summed E-state index contributed by atoms with van der Waals surface area (Å²) in [7, 11) is 0. The summed E-state index contributed by atoms with van der Waals surface area (Å²) in [6.45, 7) is 4.21. The van der Waals surface area contributed by atoms with Crippen molar-refractivity contribution in [2.75, 3.05) is 11.9 Å². The Morgan fingerprint density at radius 2 is 2.39 bits per heavy atom. The number of nitrogens with one attached hydrogen (secondary N) is 1. The molecule has 0 saturated carbocycles. The van der Waals surface area contributed by atoms with Crippen molar-refractivity contribution in [2.45, 2.75) is 39.4 Å². The summed E-state index contributed by atoms with van der Waals surface area (Å²) in [5.41, 5.74) is 1.16. The van der Waals surface area contributed by atoms with Gasteiger partial charge in [0.15, 0.2) is 0 Å². The molecule has 0 radical (unpaired) electrons. The number of hydrogen-bond donors (Lipinski definition) is 2. The third-order valence-electron chi connectivity index (χ3n) is 2.57. The number of amides is 1. The van der Waals surface area contributed by atoms with Crippen molar-refractivity contribution in [1.29, 1.82) is 0 Å². The van der Waals surface area contributed by atoms with E-state index in [1.807, 2.05) is 0 Å².